The normalized spacial score (nSPS) is 33.8. The van der Waals surface area contributed by atoms with Crippen LogP contribution in [-0.4, -0.2) is 124 Å². The topological polar surface area (TPSA) is 301 Å². The molecule has 40 heavy (non-hydrogen) atoms. The molecule has 0 aromatic carbocycles. The minimum atomic E-state index is -5.33. The van der Waals surface area contributed by atoms with Crippen LogP contribution in [0, 0.1) is 0 Å². The molecule has 2 fully saturated rings. The number of nitrogen functional groups attached to an aromatic ring is 1. The van der Waals surface area contributed by atoms with Gasteiger partial charge in [0.25, 0.3) is 0 Å². The number of nitrogens with zero attached hydrogens (tertiary/aromatic N) is 4. The minimum absolute atomic E-state index is 0.00967. The highest BCUT2D eigenvalue weighted by Crippen LogP contribution is 2.60. The number of hydrogen-bond donors (Lipinski definition) is 8. The van der Waals surface area contributed by atoms with Crippen LogP contribution in [0.15, 0.2) is 12.7 Å². The molecule has 20 nitrogen and oxygen atoms in total. The van der Waals surface area contributed by atoms with E-state index in [1.54, 1.807) is 0 Å². The summed E-state index contributed by atoms with van der Waals surface area (Å²) < 4.78 is 55.2. The predicted molar refractivity (Wildman–Crippen MR) is 127 cm³/mol. The molecule has 2 aromatic rings. The van der Waals surface area contributed by atoms with Gasteiger partial charge in [-0.3, -0.25) is 13.6 Å². The summed E-state index contributed by atoms with van der Waals surface area (Å²) >= 11 is 0. The molecule has 4 rings (SSSR count). The molecule has 226 valence electrons. The number of rotatable bonds is 13. The van der Waals surface area contributed by atoms with E-state index in [1.807, 2.05) is 0 Å². The molecule has 0 amide bonds. The van der Waals surface area contributed by atoms with Crippen LogP contribution >= 0.6 is 15.6 Å². The van der Waals surface area contributed by atoms with E-state index in [0.717, 1.165) is 6.33 Å². The van der Waals surface area contributed by atoms with Gasteiger partial charge in [-0.05, 0) is 6.42 Å². The lowest BCUT2D eigenvalue weighted by Crippen LogP contribution is -2.35. The molecule has 2 aliphatic heterocycles. The largest absolute Gasteiger partial charge is 0.481 e. The molecule has 9 N–H and O–H groups in total. The fourth-order valence-electron chi connectivity index (χ4n) is 3.92. The first-order valence-electron chi connectivity index (χ1n) is 11.7. The maximum Gasteiger partial charge on any atom is 0.481 e. The summed E-state index contributed by atoms with van der Waals surface area (Å²) in [5.74, 6) is 0.0575. The lowest BCUT2D eigenvalue weighted by Gasteiger charge is -2.20. The van der Waals surface area contributed by atoms with E-state index in [9.17, 15) is 39.3 Å². The van der Waals surface area contributed by atoms with Gasteiger partial charge in [0.15, 0.2) is 24.0 Å². The van der Waals surface area contributed by atoms with Gasteiger partial charge in [-0.2, -0.15) is 4.31 Å². The van der Waals surface area contributed by atoms with Crippen molar-refractivity contribution in [2.75, 3.05) is 32.2 Å². The first-order chi connectivity index (χ1) is 18.8. The van der Waals surface area contributed by atoms with Gasteiger partial charge in [-0.15, -0.1) is 0 Å². The Bertz CT molecular complexity index is 1250. The predicted octanol–water partition coefficient (Wildman–Crippen LogP) is -2.88. The third kappa shape index (κ3) is 7.01. The van der Waals surface area contributed by atoms with Crippen LogP contribution in [0.1, 0.15) is 12.6 Å². The summed E-state index contributed by atoms with van der Waals surface area (Å²) in [5, 5.41) is 49.5. The fourth-order valence-corrected chi connectivity index (χ4v) is 6.01. The molecule has 4 heterocycles. The van der Waals surface area contributed by atoms with Crippen LogP contribution in [0.4, 0.5) is 5.82 Å². The first-order valence-corrected chi connectivity index (χ1v) is 14.7. The minimum Gasteiger partial charge on any atom is -0.396 e. The van der Waals surface area contributed by atoms with Crippen LogP contribution in [0.25, 0.3) is 11.2 Å². The van der Waals surface area contributed by atoms with Crippen LogP contribution in [-0.2, 0) is 36.7 Å². The molecule has 0 saturated carbocycles. The van der Waals surface area contributed by atoms with E-state index in [0.29, 0.717) is 0 Å². The monoisotopic (exact) mass is 617 g/mol. The van der Waals surface area contributed by atoms with Gasteiger partial charge < -0.3 is 55.3 Å². The third-order valence-corrected chi connectivity index (χ3v) is 8.51. The highest BCUT2D eigenvalue weighted by atomic mass is 31.3. The number of anilines is 1. The van der Waals surface area contributed by atoms with Gasteiger partial charge in [0.05, 0.1) is 26.1 Å². The molecular weight excluding hydrogens is 588 g/mol. The number of fused-ring (bicyclic) bond motifs is 1. The molecule has 2 aliphatic rings. The fraction of sp³-hybridized carbons (Fsp3) is 0.722. The van der Waals surface area contributed by atoms with Crippen LogP contribution in [0.3, 0.4) is 0 Å². The molecule has 2 aromatic heterocycles. The van der Waals surface area contributed by atoms with Gasteiger partial charge in [0, 0.05) is 6.61 Å². The molecule has 0 spiro atoms. The van der Waals surface area contributed by atoms with Crippen molar-refractivity contribution in [3.63, 3.8) is 0 Å². The van der Waals surface area contributed by atoms with E-state index >= 15 is 0 Å². The van der Waals surface area contributed by atoms with Gasteiger partial charge in [0.1, 0.15) is 48.5 Å². The molecule has 22 heteroatoms. The molecule has 0 aliphatic carbocycles. The van der Waals surface area contributed by atoms with Crippen LogP contribution in [0.5, 0.6) is 0 Å². The zero-order valence-electron chi connectivity index (χ0n) is 20.5. The number of ether oxygens (including phenoxy) is 3. The number of phosphoric acid groups is 2. The quantitative estimate of drug-likeness (QED) is 0.0827. The molecule has 10 atom stereocenters. The number of aliphatic hydroxyl groups excluding tert-OH is 5. The Morgan fingerprint density at radius 3 is 2.20 bits per heavy atom. The summed E-state index contributed by atoms with van der Waals surface area (Å²) in [7, 11) is -10.6. The molecule has 2 saturated heterocycles. The zero-order valence-corrected chi connectivity index (χ0v) is 22.3. The van der Waals surface area contributed by atoms with Crippen molar-refractivity contribution in [1.82, 2.24) is 19.5 Å². The molecule has 0 radical (unpaired) electrons. The Kier molecular flexibility index (Phi) is 9.88. The summed E-state index contributed by atoms with van der Waals surface area (Å²) in [6, 6.07) is 0. The van der Waals surface area contributed by atoms with E-state index in [4.69, 9.17) is 25.1 Å². The van der Waals surface area contributed by atoms with Crippen molar-refractivity contribution in [2.24, 2.45) is 0 Å². The van der Waals surface area contributed by atoms with E-state index < -0.39 is 78.0 Å². The maximum atomic E-state index is 12.3. The Labute approximate surface area is 225 Å². The second kappa shape index (κ2) is 12.7. The summed E-state index contributed by atoms with van der Waals surface area (Å²) in [4.78, 5) is 31.6. The lowest BCUT2D eigenvalue weighted by molar-refractivity contribution is -0.170. The van der Waals surface area contributed by atoms with Gasteiger partial charge in [-0.25, -0.2) is 24.1 Å². The average molecular weight is 617 g/mol. The van der Waals surface area contributed by atoms with Crippen molar-refractivity contribution < 1.29 is 72.0 Å². The summed E-state index contributed by atoms with van der Waals surface area (Å²) in [5.41, 5.74) is 6.11. The highest BCUT2D eigenvalue weighted by molar-refractivity contribution is 7.61. The number of imidazole rings is 1. The summed E-state index contributed by atoms with van der Waals surface area (Å²) in [6.45, 7) is -1.94. The van der Waals surface area contributed by atoms with E-state index in [1.165, 1.54) is 10.9 Å². The van der Waals surface area contributed by atoms with Crippen molar-refractivity contribution >= 4 is 32.6 Å². The van der Waals surface area contributed by atoms with E-state index in [2.05, 4.69) is 28.3 Å². The van der Waals surface area contributed by atoms with Crippen molar-refractivity contribution in [1.29, 1.82) is 0 Å². The Morgan fingerprint density at radius 1 is 0.925 bits per heavy atom. The van der Waals surface area contributed by atoms with Crippen molar-refractivity contribution in [3.8, 4) is 0 Å². The van der Waals surface area contributed by atoms with Gasteiger partial charge in [0.2, 0.25) is 0 Å². The number of phosphoric ester groups is 2. The van der Waals surface area contributed by atoms with Gasteiger partial charge >= 0.3 is 15.6 Å². The second-order valence-corrected chi connectivity index (χ2v) is 11.8. The highest BCUT2D eigenvalue weighted by Gasteiger charge is 2.47. The van der Waals surface area contributed by atoms with E-state index in [-0.39, 0.29) is 36.6 Å². The van der Waals surface area contributed by atoms with Crippen molar-refractivity contribution in [3.05, 3.63) is 12.7 Å². The standard InChI is InChI=1S/C18H29N5O15P2/c19-15-10-16(21-6-20-15)23(7-22-10)17-13(27)11(25)8(36-17)4-34-39(29,30)38-40(31,32)35-5-9-12(26)14(28)18(37-9)33-3-1-2-24/h6-9,11-14,17-18,24-28H,1-5H2,(H,29,30)(H,31,32)(H2,19,20,21)/t8-,9-,11-,12-,13-,14-,17-,18-/m1/s1. The SMILES string of the molecule is Nc1ncnc2c1ncn2[C@@H]1O[C@H](COP(=O)(O)OP(=O)(O)OC[C@H]2O[C@@H](OCCCO)[C@H](O)[C@@H]2O)[C@@H](O)[C@H]1O. The number of aliphatic hydroxyl groups is 5. The zero-order chi connectivity index (χ0) is 29.2. The number of aromatic nitrogens is 4. The molecular formula is C18H29N5O15P2. The van der Waals surface area contributed by atoms with Gasteiger partial charge in [-0.1, -0.05) is 0 Å². The Hall–Kier alpha value is -1.71. The molecule has 2 unspecified atom stereocenters. The number of nitrogens with two attached hydrogens (primary N) is 1. The average Bonchev–Trinajstić information content (AvgIpc) is 3.52. The smallest absolute Gasteiger partial charge is 0.396 e. The third-order valence-electron chi connectivity index (χ3n) is 5.91. The van der Waals surface area contributed by atoms with Crippen LogP contribution in [0.2, 0.25) is 0 Å². The Balaban J connectivity index is 1.29. The first kappa shape index (κ1) is 31.2. The second-order valence-electron chi connectivity index (χ2n) is 8.71. The maximum absolute atomic E-state index is 12.3. The van der Waals surface area contributed by atoms with Crippen LogP contribution < -0.4 is 5.73 Å². The summed E-state index contributed by atoms with van der Waals surface area (Å²) in [6.07, 6.45) is -9.12. The van der Waals surface area contributed by atoms with Crippen molar-refractivity contribution in [2.45, 2.75) is 55.6 Å². The Morgan fingerprint density at radius 2 is 1.55 bits per heavy atom. The lowest BCUT2D eigenvalue weighted by atomic mass is 10.1. The molecule has 0 bridgehead atoms. The number of hydrogen-bond acceptors (Lipinski definition) is 17.